The maximum atomic E-state index is 6.46. The van der Waals surface area contributed by atoms with Crippen LogP contribution in [0.15, 0.2) is 30.5 Å². The van der Waals surface area contributed by atoms with Crippen molar-refractivity contribution < 1.29 is 4.74 Å². The van der Waals surface area contributed by atoms with Crippen molar-refractivity contribution >= 4 is 5.82 Å². The van der Waals surface area contributed by atoms with Crippen LogP contribution in [-0.4, -0.2) is 36.2 Å². The third-order valence-electron chi connectivity index (χ3n) is 4.69. The molecule has 24 heavy (non-hydrogen) atoms. The Bertz CT molecular complexity index is 686. The molecule has 1 saturated heterocycles. The minimum atomic E-state index is 0.100. The number of hydrogen-bond acceptors (Lipinski definition) is 5. The van der Waals surface area contributed by atoms with Gasteiger partial charge in [-0.05, 0) is 31.0 Å². The van der Waals surface area contributed by atoms with E-state index in [4.69, 9.17) is 15.5 Å². The van der Waals surface area contributed by atoms with Crippen LogP contribution in [0.5, 0.6) is 5.75 Å². The summed E-state index contributed by atoms with van der Waals surface area (Å²) in [4.78, 5) is 11.4. The van der Waals surface area contributed by atoms with Crippen LogP contribution in [0.4, 0.5) is 5.82 Å². The summed E-state index contributed by atoms with van der Waals surface area (Å²) in [5.41, 5.74) is 8.93. The molecule has 1 aromatic carbocycles. The van der Waals surface area contributed by atoms with Crippen LogP contribution in [0, 0.1) is 6.92 Å². The summed E-state index contributed by atoms with van der Waals surface area (Å²) in [7, 11) is 1.69. The lowest BCUT2D eigenvalue weighted by molar-refractivity contribution is 0.414. The van der Waals surface area contributed by atoms with E-state index in [1.54, 1.807) is 7.11 Å². The monoisotopic (exact) mass is 326 g/mol. The molecule has 3 rings (SSSR count). The summed E-state index contributed by atoms with van der Waals surface area (Å²) in [5.74, 6) is 3.04. The lowest BCUT2D eigenvalue weighted by Gasteiger charge is -2.21. The molecule has 2 N–H and O–H groups in total. The number of nitrogens with two attached hydrogens (primary N) is 1. The zero-order valence-electron chi connectivity index (χ0n) is 14.7. The van der Waals surface area contributed by atoms with Crippen molar-refractivity contribution in [2.45, 2.75) is 38.6 Å². The highest BCUT2D eigenvalue weighted by Gasteiger charge is 2.33. The van der Waals surface area contributed by atoms with Gasteiger partial charge in [-0.15, -0.1) is 0 Å². The summed E-state index contributed by atoms with van der Waals surface area (Å²) in [6.07, 6.45) is 4.04. The first-order valence-corrected chi connectivity index (χ1v) is 8.59. The van der Waals surface area contributed by atoms with Gasteiger partial charge in [-0.2, -0.15) is 0 Å². The van der Waals surface area contributed by atoms with E-state index in [1.807, 2.05) is 25.3 Å². The zero-order chi connectivity index (χ0) is 17.1. The van der Waals surface area contributed by atoms with Gasteiger partial charge in [0.15, 0.2) is 0 Å². The SMILES string of the molecule is CCCc1cnc(C)nc1N1C[C@H](c2ccc(OC)cc2)[C@@H](N)C1. The molecule has 1 fully saturated rings. The Morgan fingerprint density at radius 1 is 1.25 bits per heavy atom. The second kappa shape index (κ2) is 7.18. The van der Waals surface area contributed by atoms with Gasteiger partial charge in [-0.25, -0.2) is 9.97 Å². The van der Waals surface area contributed by atoms with Crippen molar-refractivity contribution in [3.05, 3.63) is 47.4 Å². The molecular weight excluding hydrogens is 300 g/mol. The molecule has 5 heteroatoms. The quantitative estimate of drug-likeness (QED) is 0.915. The van der Waals surface area contributed by atoms with Gasteiger partial charge in [0.1, 0.15) is 17.4 Å². The van der Waals surface area contributed by atoms with E-state index in [0.717, 1.165) is 43.3 Å². The summed E-state index contributed by atoms with van der Waals surface area (Å²) in [6.45, 7) is 5.83. The fourth-order valence-electron chi connectivity index (χ4n) is 3.41. The molecule has 0 spiro atoms. The Balaban J connectivity index is 1.83. The van der Waals surface area contributed by atoms with Crippen molar-refractivity contribution in [1.82, 2.24) is 9.97 Å². The van der Waals surface area contributed by atoms with Crippen LogP contribution in [0.1, 0.15) is 36.2 Å². The molecule has 1 aromatic heterocycles. The summed E-state index contributed by atoms with van der Waals surface area (Å²) < 4.78 is 5.25. The summed E-state index contributed by atoms with van der Waals surface area (Å²) in [5, 5.41) is 0. The zero-order valence-corrected chi connectivity index (χ0v) is 14.7. The first-order chi connectivity index (χ1) is 11.6. The molecule has 1 aliphatic heterocycles. The molecule has 0 bridgehead atoms. The summed E-state index contributed by atoms with van der Waals surface area (Å²) in [6, 6.07) is 8.34. The van der Waals surface area contributed by atoms with Gasteiger partial charge in [0.2, 0.25) is 0 Å². The topological polar surface area (TPSA) is 64.3 Å². The maximum Gasteiger partial charge on any atom is 0.135 e. The summed E-state index contributed by atoms with van der Waals surface area (Å²) >= 11 is 0. The molecule has 0 saturated carbocycles. The highest BCUT2D eigenvalue weighted by molar-refractivity contribution is 5.49. The van der Waals surface area contributed by atoms with E-state index in [1.165, 1.54) is 11.1 Å². The third-order valence-corrected chi connectivity index (χ3v) is 4.69. The lowest BCUT2D eigenvalue weighted by Crippen LogP contribution is -2.29. The molecule has 2 atom stereocenters. The van der Waals surface area contributed by atoms with E-state index < -0.39 is 0 Å². The second-order valence-electron chi connectivity index (χ2n) is 6.46. The van der Waals surface area contributed by atoms with E-state index >= 15 is 0 Å². The van der Waals surface area contributed by atoms with Crippen molar-refractivity contribution in [2.24, 2.45) is 5.73 Å². The van der Waals surface area contributed by atoms with E-state index in [-0.39, 0.29) is 6.04 Å². The predicted molar refractivity (Wildman–Crippen MR) is 96.7 cm³/mol. The van der Waals surface area contributed by atoms with Crippen LogP contribution in [-0.2, 0) is 6.42 Å². The number of rotatable bonds is 5. The number of aryl methyl sites for hydroxylation is 2. The number of hydrogen-bond donors (Lipinski definition) is 1. The van der Waals surface area contributed by atoms with Gasteiger partial charge in [-0.3, -0.25) is 0 Å². The average Bonchev–Trinajstić information content (AvgIpc) is 2.98. The molecule has 0 unspecified atom stereocenters. The number of anilines is 1. The minimum absolute atomic E-state index is 0.100. The van der Waals surface area contributed by atoms with E-state index in [2.05, 4.69) is 28.9 Å². The first kappa shape index (κ1) is 16.7. The molecule has 0 amide bonds. The normalized spacial score (nSPS) is 20.4. The second-order valence-corrected chi connectivity index (χ2v) is 6.46. The molecule has 0 aliphatic carbocycles. The third kappa shape index (κ3) is 3.36. The van der Waals surface area contributed by atoms with Crippen molar-refractivity contribution in [2.75, 3.05) is 25.1 Å². The largest absolute Gasteiger partial charge is 0.497 e. The van der Waals surface area contributed by atoms with Crippen LogP contribution >= 0.6 is 0 Å². The first-order valence-electron chi connectivity index (χ1n) is 8.59. The maximum absolute atomic E-state index is 6.46. The van der Waals surface area contributed by atoms with Crippen LogP contribution in [0.3, 0.4) is 0 Å². The molecule has 5 nitrogen and oxygen atoms in total. The Kier molecular flexibility index (Phi) is 5.00. The number of aromatic nitrogens is 2. The van der Waals surface area contributed by atoms with Crippen molar-refractivity contribution in [3.63, 3.8) is 0 Å². The highest BCUT2D eigenvalue weighted by Crippen LogP contribution is 2.32. The average molecular weight is 326 g/mol. The standard InChI is InChI=1S/C19H26N4O/c1-4-5-15-10-21-13(2)22-19(15)23-11-17(18(20)12-23)14-6-8-16(24-3)9-7-14/h6-10,17-18H,4-5,11-12,20H2,1-3H3/t17-,18+/m1/s1. The number of methoxy groups -OCH3 is 1. The molecule has 0 radical (unpaired) electrons. The fourth-order valence-corrected chi connectivity index (χ4v) is 3.41. The van der Waals surface area contributed by atoms with Gasteiger partial charge < -0.3 is 15.4 Å². The molecule has 2 heterocycles. The minimum Gasteiger partial charge on any atom is -0.497 e. The number of benzene rings is 1. The Morgan fingerprint density at radius 2 is 2.00 bits per heavy atom. The van der Waals surface area contributed by atoms with Gasteiger partial charge in [0, 0.05) is 36.8 Å². The van der Waals surface area contributed by atoms with E-state index in [9.17, 15) is 0 Å². The van der Waals surface area contributed by atoms with Crippen LogP contribution in [0.25, 0.3) is 0 Å². The highest BCUT2D eigenvalue weighted by atomic mass is 16.5. The molecule has 1 aliphatic rings. The van der Waals surface area contributed by atoms with Gasteiger partial charge in [0.25, 0.3) is 0 Å². The van der Waals surface area contributed by atoms with Gasteiger partial charge in [-0.1, -0.05) is 25.5 Å². The lowest BCUT2D eigenvalue weighted by atomic mass is 9.95. The number of nitrogens with zero attached hydrogens (tertiary/aromatic N) is 3. The van der Waals surface area contributed by atoms with Crippen molar-refractivity contribution in [3.8, 4) is 5.75 Å². The van der Waals surface area contributed by atoms with Gasteiger partial charge >= 0.3 is 0 Å². The number of ether oxygens (including phenoxy) is 1. The molecule has 128 valence electrons. The molecular formula is C19H26N4O. The predicted octanol–water partition coefficient (Wildman–Crippen LogP) is 2.68. The van der Waals surface area contributed by atoms with Gasteiger partial charge in [0.05, 0.1) is 7.11 Å². The van der Waals surface area contributed by atoms with Crippen LogP contribution < -0.4 is 15.4 Å². The Morgan fingerprint density at radius 3 is 2.67 bits per heavy atom. The fraction of sp³-hybridized carbons (Fsp3) is 0.474. The van der Waals surface area contributed by atoms with E-state index in [0.29, 0.717) is 5.92 Å². The molecule has 2 aromatic rings. The van der Waals surface area contributed by atoms with Crippen LogP contribution in [0.2, 0.25) is 0 Å². The Labute approximate surface area is 143 Å². The Hall–Kier alpha value is -2.14. The van der Waals surface area contributed by atoms with Crippen molar-refractivity contribution in [1.29, 1.82) is 0 Å². The smallest absolute Gasteiger partial charge is 0.135 e.